The van der Waals surface area contributed by atoms with E-state index in [-0.39, 0.29) is 10.8 Å². The molecule has 0 spiro atoms. The Bertz CT molecular complexity index is 308. The molecule has 1 unspecified atom stereocenters. The second-order valence-electron chi connectivity index (χ2n) is 5.85. The molecule has 0 aliphatic carbocycles. The van der Waals surface area contributed by atoms with E-state index in [4.69, 9.17) is 0 Å². The lowest BCUT2D eigenvalue weighted by Crippen LogP contribution is -2.41. The Labute approximate surface area is 93.9 Å². The quantitative estimate of drug-likeness (QED) is 0.710. The molecular weight excluding hydrogens is 182 g/mol. The predicted octanol–water partition coefficient (Wildman–Crippen LogP) is 4.04. The van der Waals surface area contributed by atoms with E-state index in [9.17, 15) is 0 Å². The molecule has 1 heterocycles. The van der Waals surface area contributed by atoms with E-state index in [1.807, 2.05) is 18.5 Å². The van der Waals surface area contributed by atoms with Crippen molar-refractivity contribution in [2.75, 3.05) is 0 Å². The average Bonchev–Trinajstić information content (AvgIpc) is 2.16. The van der Waals surface area contributed by atoms with Gasteiger partial charge >= 0.3 is 0 Å². The Kier molecular flexibility index (Phi) is 3.22. The molecule has 1 atom stereocenters. The molecule has 1 aromatic heterocycles. The summed E-state index contributed by atoms with van der Waals surface area (Å²) in [6.07, 6.45) is 3.85. The number of hydrogen-bond acceptors (Lipinski definition) is 1. The second kappa shape index (κ2) is 3.96. The van der Waals surface area contributed by atoms with Crippen LogP contribution in [0.25, 0.3) is 0 Å². The summed E-state index contributed by atoms with van der Waals surface area (Å²) in [6, 6.07) is 4.22. The SMILES string of the molecule is CC(C)C(C)(c1cccnc1)C(C)(C)C. The zero-order valence-electron chi connectivity index (χ0n) is 10.8. The number of hydrogen-bond donors (Lipinski definition) is 0. The van der Waals surface area contributed by atoms with Crippen molar-refractivity contribution in [2.45, 2.75) is 47.0 Å². The molecule has 0 amide bonds. The van der Waals surface area contributed by atoms with Gasteiger partial charge in [-0.2, -0.15) is 0 Å². The van der Waals surface area contributed by atoms with Crippen molar-refractivity contribution in [3.8, 4) is 0 Å². The highest BCUT2D eigenvalue weighted by atomic mass is 14.6. The van der Waals surface area contributed by atoms with E-state index < -0.39 is 0 Å². The smallest absolute Gasteiger partial charge is 0.0305 e. The van der Waals surface area contributed by atoms with Gasteiger partial charge in [-0.25, -0.2) is 0 Å². The molecule has 0 saturated carbocycles. The van der Waals surface area contributed by atoms with Gasteiger partial charge in [-0.3, -0.25) is 4.98 Å². The van der Waals surface area contributed by atoms with Gasteiger partial charge in [0.25, 0.3) is 0 Å². The molecule has 1 nitrogen and oxygen atoms in total. The lowest BCUT2D eigenvalue weighted by atomic mass is 9.59. The fraction of sp³-hybridized carbons (Fsp3) is 0.643. The number of rotatable bonds is 2. The van der Waals surface area contributed by atoms with Crippen LogP contribution in [0.2, 0.25) is 0 Å². The van der Waals surface area contributed by atoms with Gasteiger partial charge in [-0.1, -0.05) is 47.6 Å². The van der Waals surface area contributed by atoms with E-state index in [0.717, 1.165) is 0 Å². The molecular formula is C14H23N. The van der Waals surface area contributed by atoms with Crippen molar-refractivity contribution in [1.82, 2.24) is 4.98 Å². The van der Waals surface area contributed by atoms with Gasteiger partial charge in [0.2, 0.25) is 0 Å². The molecule has 0 fully saturated rings. The topological polar surface area (TPSA) is 12.9 Å². The Balaban J connectivity index is 3.26. The minimum Gasteiger partial charge on any atom is -0.264 e. The molecule has 0 saturated heterocycles. The second-order valence-corrected chi connectivity index (χ2v) is 5.85. The van der Waals surface area contributed by atoms with Gasteiger partial charge in [-0.15, -0.1) is 0 Å². The lowest BCUT2D eigenvalue weighted by Gasteiger charge is -2.45. The summed E-state index contributed by atoms with van der Waals surface area (Å²) in [7, 11) is 0. The normalized spacial score (nSPS) is 16.5. The molecule has 0 aromatic carbocycles. The molecule has 1 aromatic rings. The first-order valence-corrected chi connectivity index (χ1v) is 5.70. The monoisotopic (exact) mass is 205 g/mol. The van der Waals surface area contributed by atoms with Crippen molar-refractivity contribution >= 4 is 0 Å². The summed E-state index contributed by atoms with van der Waals surface area (Å²) in [5.74, 6) is 0.599. The highest BCUT2D eigenvalue weighted by Crippen LogP contribution is 2.46. The number of nitrogens with zero attached hydrogens (tertiary/aromatic N) is 1. The average molecular weight is 205 g/mol. The summed E-state index contributed by atoms with van der Waals surface area (Å²) in [5, 5.41) is 0. The number of pyridine rings is 1. The summed E-state index contributed by atoms with van der Waals surface area (Å²) in [4.78, 5) is 4.25. The Hall–Kier alpha value is -0.850. The first kappa shape index (κ1) is 12.2. The van der Waals surface area contributed by atoms with Gasteiger partial charge in [0, 0.05) is 17.8 Å². The molecule has 0 aliphatic heterocycles. The van der Waals surface area contributed by atoms with Crippen LogP contribution in [0, 0.1) is 11.3 Å². The summed E-state index contributed by atoms with van der Waals surface area (Å²) >= 11 is 0. The van der Waals surface area contributed by atoms with Gasteiger partial charge in [0.05, 0.1) is 0 Å². The summed E-state index contributed by atoms with van der Waals surface area (Å²) in [6.45, 7) is 13.8. The van der Waals surface area contributed by atoms with E-state index in [1.54, 1.807) is 0 Å². The zero-order chi connectivity index (χ0) is 11.7. The van der Waals surface area contributed by atoms with Crippen molar-refractivity contribution < 1.29 is 0 Å². The van der Waals surface area contributed by atoms with E-state index in [0.29, 0.717) is 5.92 Å². The Morgan fingerprint density at radius 1 is 1.13 bits per heavy atom. The maximum absolute atomic E-state index is 4.25. The maximum atomic E-state index is 4.25. The fourth-order valence-electron chi connectivity index (χ4n) is 2.30. The van der Waals surface area contributed by atoms with Crippen LogP contribution in [0.3, 0.4) is 0 Å². The number of aromatic nitrogens is 1. The molecule has 0 aliphatic rings. The minimum absolute atomic E-state index is 0.168. The van der Waals surface area contributed by atoms with Crippen LogP contribution in [0.4, 0.5) is 0 Å². The van der Waals surface area contributed by atoms with Crippen molar-refractivity contribution in [3.63, 3.8) is 0 Å². The van der Waals surface area contributed by atoms with Gasteiger partial charge < -0.3 is 0 Å². The highest BCUT2D eigenvalue weighted by molar-refractivity contribution is 5.24. The third-order valence-corrected chi connectivity index (χ3v) is 3.97. The summed E-state index contributed by atoms with van der Waals surface area (Å²) < 4.78 is 0. The predicted molar refractivity (Wildman–Crippen MR) is 65.9 cm³/mol. The lowest BCUT2D eigenvalue weighted by molar-refractivity contribution is 0.142. The van der Waals surface area contributed by atoms with Crippen LogP contribution in [0.15, 0.2) is 24.5 Å². The Morgan fingerprint density at radius 3 is 2.07 bits per heavy atom. The van der Waals surface area contributed by atoms with Gasteiger partial charge in [0.15, 0.2) is 0 Å². The standard InChI is InChI=1S/C14H23N/c1-11(2)14(6,13(3,4)5)12-8-7-9-15-10-12/h7-11H,1-6H3. The van der Waals surface area contributed by atoms with Crippen LogP contribution in [-0.4, -0.2) is 4.98 Å². The van der Waals surface area contributed by atoms with Crippen LogP contribution < -0.4 is 0 Å². The molecule has 84 valence electrons. The van der Waals surface area contributed by atoms with Crippen molar-refractivity contribution in [3.05, 3.63) is 30.1 Å². The first-order valence-electron chi connectivity index (χ1n) is 5.70. The molecule has 1 rings (SSSR count). The molecule has 0 bridgehead atoms. The van der Waals surface area contributed by atoms with Crippen LogP contribution in [0.1, 0.15) is 47.1 Å². The maximum Gasteiger partial charge on any atom is 0.0305 e. The highest BCUT2D eigenvalue weighted by Gasteiger charge is 2.41. The summed E-state index contributed by atoms with van der Waals surface area (Å²) in [5.41, 5.74) is 1.75. The van der Waals surface area contributed by atoms with Crippen molar-refractivity contribution in [2.24, 2.45) is 11.3 Å². The van der Waals surface area contributed by atoms with Gasteiger partial charge in [0.1, 0.15) is 0 Å². The molecule has 0 radical (unpaired) electrons. The van der Waals surface area contributed by atoms with E-state index in [2.05, 4.69) is 52.6 Å². The van der Waals surface area contributed by atoms with E-state index in [1.165, 1.54) is 5.56 Å². The Morgan fingerprint density at radius 2 is 1.73 bits per heavy atom. The van der Waals surface area contributed by atoms with Crippen LogP contribution in [-0.2, 0) is 5.41 Å². The van der Waals surface area contributed by atoms with Gasteiger partial charge in [-0.05, 0) is 23.0 Å². The third kappa shape index (κ3) is 2.06. The molecule has 1 heteroatoms. The third-order valence-electron chi connectivity index (χ3n) is 3.97. The van der Waals surface area contributed by atoms with Crippen LogP contribution >= 0.6 is 0 Å². The minimum atomic E-state index is 0.168. The van der Waals surface area contributed by atoms with Crippen LogP contribution in [0.5, 0.6) is 0 Å². The molecule has 15 heavy (non-hydrogen) atoms. The van der Waals surface area contributed by atoms with Crippen molar-refractivity contribution in [1.29, 1.82) is 0 Å². The fourth-order valence-corrected chi connectivity index (χ4v) is 2.30. The largest absolute Gasteiger partial charge is 0.264 e. The first-order chi connectivity index (χ1) is 6.80. The zero-order valence-corrected chi connectivity index (χ0v) is 10.8. The van der Waals surface area contributed by atoms with E-state index >= 15 is 0 Å². The molecule has 0 N–H and O–H groups in total.